The molecule has 5 heteroatoms. The molecular weight excluding hydrogens is 240 g/mol. The highest BCUT2D eigenvalue weighted by Crippen LogP contribution is 2.21. The van der Waals surface area contributed by atoms with Gasteiger partial charge >= 0.3 is 0 Å². The fourth-order valence-electron chi connectivity index (χ4n) is 1.78. The lowest BCUT2D eigenvalue weighted by molar-refractivity contribution is 0.477. The van der Waals surface area contributed by atoms with Gasteiger partial charge in [0.1, 0.15) is 5.75 Å². The monoisotopic (exact) mass is 260 g/mol. The number of nitrogens with zero attached hydrogens (tertiary/aromatic N) is 3. The van der Waals surface area contributed by atoms with Crippen molar-refractivity contribution in [2.75, 3.05) is 0 Å². The molecule has 0 amide bonds. The molecule has 0 saturated carbocycles. The third-order valence-corrected chi connectivity index (χ3v) is 2.96. The minimum absolute atomic E-state index is 0.167. The van der Waals surface area contributed by atoms with Crippen LogP contribution in [0.4, 0.5) is 0 Å². The fraction of sp³-hybridized carbons (Fsp3) is 0.429. The van der Waals surface area contributed by atoms with Crippen LogP contribution in [0, 0.1) is 0 Å². The Kier molecular flexibility index (Phi) is 4.52. The summed E-state index contributed by atoms with van der Waals surface area (Å²) >= 11 is 0. The Balaban J connectivity index is 2.06. The quantitative estimate of drug-likeness (QED) is 0.866. The van der Waals surface area contributed by atoms with Crippen LogP contribution in [0.1, 0.15) is 25.8 Å². The first-order chi connectivity index (χ1) is 9.21. The lowest BCUT2D eigenvalue weighted by atomic mass is 10.1. The summed E-state index contributed by atoms with van der Waals surface area (Å²) in [4.78, 5) is 4.19. The van der Waals surface area contributed by atoms with Gasteiger partial charge in [-0.05, 0) is 31.4 Å². The molecule has 0 aliphatic carbocycles. The van der Waals surface area contributed by atoms with Gasteiger partial charge in [-0.2, -0.15) is 5.10 Å². The van der Waals surface area contributed by atoms with Gasteiger partial charge in [0.05, 0.1) is 18.6 Å². The van der Waals surface area contributed by atoms with Crippen LogP contribution in [0.25, 0.3) is 0 Å². The lowest BCUT2D eigenvalue weighted by Crippen LogP contribution is -2.21. The third-order valence-electron chi connectivity index (χ3n) is 2.96. The number of ether oxygens (including phenoxy) is 1. The summed E-state index contributed by atoms with van der Waals surface area (Å²) in [6, 6.07) is 2.14. The van der Waals surface area contributed by atoms with Crippen molar-refractivity contribution in [1.82, 2.24) is 14.8 Å². The van der Waals surface area contributed by atoms with Gasteiger partial charge in [0.25, 0.3) is 0 Å². The summed E-state index contributed by atoms with van der Waals surface area (Å²) in [5, 5.41) is 4.17. The molecule has 0 spiro atoms. The van der Waals surface area contributed by atoms with Crippen LogP contribution in [-0.2, 0) is 13.0 Å². The van der Waals surface area contributed by atoms with E-state index in [-0.39, 0.29) is 6.04 Å². The standard InChI is InChI=1S/C14H20N4O/c1-3-12(15)5-11-6-13(8-16-7-11)19-14-9-17-18(4-2)10-14/h6-10,12H,3-5,15H2,1-2H3. The van der Waals surface area contributed by atoms with Gasteiger partial charge in [-0.1, -0.05) is 6.92 Å². The van der Waals surface area contributed by atoms with Crippen molar-refractivity contribution >= 4 is 0 Å². The summed E-state index contributed by atoms with van der Waals surface area (Å²) in [7, 11) is 0. The zero-order valence-electron chi connectivity index (χ0n) is 11.4. The molecule has 5 nitrogen and oxygen atoms in total. The van der Waals surface area contributed by atoms with Gasteiger partial charge in [-0.15, -0.1) is 0 Å². The Labute approximate surface area is 113 Å². The highest BCUT2D eigenvalue weighted by Gasteiger charge is 2.05. The minimum atomic E-state index is 0.167. The molecule has 2 aromatic rings. The average Bonchev–Trinajstić information content (AvgIpc) is 2.86. The van der Waals surface area contributed by atoms with Gasteiger partial charge in [0.15, 0.2) is 5.75 Å². The van der Waals surface area contributed by atoms with E-state index in [0.29, 0.717) is 0 Å². The van der Waals surface area contributed by atoms with Crippen LogP contribution < -0.4 is 10.5 Å². The zero-order valence-corrected chi connectivity index (χ0v) is 11.4. The van der Waals surface area contributed by atoms with Crippen molar-refractivity contribution in [3.63, 3.8) is 0 Å². The van der Waals surface area contributed by atoms with E-state index in [2.05, 4.69) is 17.0 Å². The van der Waals surface area contributed by atoms with E-state index >= 15 is 0 Å². The second-order valence-electron chi connectivity index (χ2n) is 4.54. The van der Waals surface area contributed by atoms with E-state index in [9.17, 15) is 0 Å². The predicted molar refractivity (Wildman–Crippen MR) is 74.2 cm³/mol. The summed E-state index contributed by atoms with van der Waals surface area (Å²) in [6.07, 6.45) is 8.86. The molecular formula is C14H20N4O. The second kappa shape index (κ2) is 6.33. The van der Waals surface area contributed by atoms with Crippen LogP contribution in [0.15, 0.2) is 30.9 Å². The predicted octanol–water partition coefficient (Wildman–Crippen LogP) is 2.37. The van der Waals surface area contributed by atoms with E-state index in [0.717, 1.165) is 36.4 Å². The molecule has 0 radical (unpaired) electrons. The molecule has 0 saturated heterocycles. The van der Waals surface area contributed by atoms with Gasteiger partial charge < -0.3 is 10.5 Å². The molecule has 1 unspecified atom stereocenters. The van der Waals surface area contributed by atoms with E-state index in [1.54, 1.807) is 12.4 Å². The summed E-state index contributed by atoms with van der Waals surface area (Å²) in [6.45, 7) is 4.94. The molecule has 0 aliphatic heterocycles. The van der Waals surface area contributed by atoms with Crippen LogP contribution in [0.2, 0.25) is 0 Å². The number of rotatable bonds is 6. The Morgan fingerprint density at radius 3 is 2.79 bits per heavy atom. The Morgan fingerprint density at radius 1 is 1.26 bits per heavy atom. The van der Waals surface area contributed by atoms with Gasteiger partial charge in [0.2, 0.25) is 0 Å². The molecule has 1 atom stereocenters. The molecule has 0 fully saturated rings. The second-order valence-corrected chi connectivity index (χ2v) is 4.54. The van der Waals surface area contributed by atoms with E-state index < -0.39 is 0 Å². The molecule has 19 heavy (non-hydrogen) atoms. The molecule has 0 aromatic carbocycles. The number of pyridine rings is 1. The first-order valence-electron chi connectivity index (χ1n) is 6.61. The van der Waals surface area contributed by atoms with Crippen molar-refractivity contribution in [2.45, 2.75) is 39.3 Å². The van der Waals surface area contributed by atoms with Crippen molar-refractivity contribution in [3.05, 3.63) is 36.4 Å². The Hall–Kier alpha value is -1.88. The Morgan fingerprint density at radius 2 is 2.11 bits per heavy atom. The molecule has 102 valence electrons. The first kappa shape index (κ1) is 13.5. The number of hydrogen-bond acceptors (Lipinski definition) is 4. The summed E-state index contributed by atoms with van der Waals surface area (Å²) < 4.78 is 7.55. The van der Waals surface area contributed by atoms with E-state index in [1.165, 1.54) is 0 Å². The normalized spacial score (nSPS) is 12.4. The van der Waals surface area contributed by atoms with Crippen molar-refractivity contribution < 1.29 is 4.74 Å². The molecule has 0 aliphatic rings. The smallest absolute Gasteiger partial charge is 0.165 e. The van der Waals surface area contributed by atoms with Crippen molar-refractivity contribution in [2.24, 2.45) is 5.73 Å². The van der Waals surface area contributed by atoms with Crippen LogP contribution in [0.5, 0.6) is 11.5 Å². The third kappa shape index (κ3) is 3.79. The molecule has 2 rings (SSSR count). The average molecular weight is 260 g/mol. The molecule has 2 N–H and O–H groups in total. The van der Waals surface area contributed by atoms with Crippen molar-refractivity contribution in [3.8, 4) is 11.5 Å². The van der Waals surface area contributed by atoms with Crippen molar-refractivity contribution in [1.29, 1.82) is 0 Å². The highest BCUT2D eigenvalue weighted by molar-refractivity contribution is 5.29. The maximum absolute atomic E-state index is 5.95. The largest absolute Gasteiger partial charge is 0.452 e. The molecule has 0 bridgehead atoms. The number of aryl methyl sites for hydroxylation is 1. The number of aromatic nitrogens is 3. The number of hydrogen-bond donors (Lipinski definition) is 1. The van der Waals surface area contributed by atoms with Crippen LogP contribution in [-0.4, -0.2) is 20.8 Å². The van der Waals surface area contributed by atoms with E-state index in [1.807, 2.05) is 30.1 Å². The fourth-order valence-corrected chi connectivity index (χ4v) is 1.78. The highest BCUT2D eigenvalue weighted by atomic mass is 16.5. The van der Waals surface area contributed by atoms with Gasteiger partial charge in [0, 0.05) is 18.8 Å². The first-order valence-corrected chi connectivity index (χ1v) is 6.61. The zero-order chi connectivity index (χ0) is 13.7. The molecule has 2 aromatic heterocycles. The minimum Gasteiger partial charge on any atom is -0.452 e. The van der Waals surface area contributed by atoms with E-state index in [4.69, 9.17) is 10.5 Å². The summed E-state index contributed by atoms with van der Waals surface area (Å²) in [5.41, 5.74) is 7.04. The van der Waals surface area contributed by atoms with Gasteiger partial charge in [-0.25, -0.2) is 0 Å². The topological polar surface area (TPSA) is 66.0 Å². The maximum Gasteiger partial charge on any atom is 0.165 e. The van der Waals surface area contributed by atoms with Gasteiger partial charge in [-0.3, -0.25) is 9.67 Å². The lowest BCUT2D eigenvalue weighted by Gasteiger charge is -2.09. The molecule has 2 heterocycles. The summed E-state index contributed by atoms with van der Waals surface area (Å²) in [5.74, 6) is 1.44. The SMILES string of the molecule is CCC(N)Cc1cncc(Oc2cnn(CC)c2)c1. The maximum atomic E-state index is 5.95. The number of nitrogens with two attached hydrogens (primary N) is 1. The van der Waals surface area contributed by atoms with Crippen LogP contribution in [0.3, 0.4) is 0 Å². The van der Waals surface area contributed by atoms with Crippen LogP contribution >= 0.6 is 0 Å². The Bertz CT molecular complexity index is 524.